The molecule has 0 saturated heterocycles. The van der Waals surface area contributed by atoms with Crippen LogP contribution in [0.25, 0.3) is 0 Å². The lowest BCUT2D eigenvalue weighted by atomic mass is 9.95. The van der Waals surface area contributed by atoms with E-state index in [2.05, 4.69) is 52.5 Å². The Balaban J connectivity index is 1.84. The lowest BCUT2D eigenvalue weighted by Gasteiger charge is -2.19. The third-order valence-corrected chi connectivity index (χ3v) is 4.24. The highest BCUT2D eigenvalue weighted by molar-refractivity contribution is 9.10. The number of nitrogens with two attached hydrogens (primary N) is 1. The largest absolute Gasteiger partial charge is 0.490 e. The van der Waals surface area contributed by atoms with Crippen molar-refractivity contribution in [2.45, 2.75) is 31.9 Å². The van der Waals surface area contributed by atoms with E-state index < -0.39 is 0 Å². The summed E-state index contributed by atoms with van der Waals surface area (Å²) >= 11 is 3.49. The number of hydrogen-bond acceptors (Lipinski definition) is 3. The predicted molar refractivity (Wildman–Crippen MR) is 88.1 cm³/mol. The average Bonchev–Trinajstić information content (AvgIpc) is 3.27. The van der Waals surface area contributed by atoms with Gasteiger partial charge < -0.3 is 4.74 Å². The van der Waals surface area contributed by atoms with E-state index in [0.29, 0.717) is 6.10 Å². The molecular formula is C17H19BrN2O. The van der Waals surface area contributed by atoms with Gasteiger partial charge in [0, 0.05) is 4.47 Å². The molecule has 3 nitrogen and oxygen atoms in total. The zero-order chi connectivity index (χ0) is 14.8. The van der Waals surface area contributed by atoms with Gasteiger partial charge >= 0.3 is 0 Å². The molecule has 0 heterocycles. The summed E-state index contributed by atoms with van der Waals surface area (Å²) in [6, 6.07) is 14.4. The third-order valence-electron chi connectivity index (χ3n) is 3.75. The van der Waals surface area contributed by atoms with Crippen LogP contribution >= 0.6 is 15.9 Å². The summed E-state index contributed by atoms with van der Waals surface area (Å²) in [5.74, 6) is 6.71. The maximum Gasteiger partial charge on any atom is 0.119 e. The maximum absolute atomic E-state index is 5.78. The second kappa shape index (κ2) is 6.18. The molecule has 0 spiro atoms. The molecular weight excluding hydrogens is 328 g/mol. The zero-order valence-electron chi connectivity index (χ0n) is 12.0. The smallest absolute Gasteiger partial charge is 0.119 e. The van der Waals surface area contributed by atoms with Gasteiger partial charge in [0.2, 0.25) is 0 Å². The van der Waals surface area contributed by atoms with Crippen LogP contribution in [0.3, 0.4) is 0 Å². The van der Waals surface area contributed by atoms with Gasteiger partial charge in [0.05, 0.1) is 12.1 Å². The quantitative estimate of drug-likeness (QED) is 0.638. The van der Waals surface area contributed by atoms with Crippen LogP contribution in [-0.2, 0) is 0 Å². The van der Waals surface area contributed by atoms with Crippen LogP contribution in [-0.4, -0.2) is 6.10 Å². The van der Waals surface area contributed by atoms with Gasteiger partial charge in [-0.2, -0.15) is 0 Å². The highest BCUT2D eigenvalue weighted by atomic mass is 79.9. The molecule has 3 N–H and O–H groups in total. The normalized spacial score (nSPS) is 15.8. The molecule has 1 aliphatic rings. The van der Waals surface area contributed by atoms with Gasteiger partial charge in [0.25, 0.3) is 0 Å². The zero-order valence-corrected chi connectivity index (χ0v) is 13.6. The molecule has 0 amide bonds. The van der Waals surface area contributed by atoms with Gasteiger partial charge in [-0.3, -0.25) is 5.84 Å². The van der Waals surface area contributed by atoms with Crippen molar-refractivity contribution in [3.63, 3.8) is 0 Å². The Morgan fingerprint density at radius 3 is 2.48 bits per heavy atom. The number of ether oxygens (including phenoxy) is 1. The monoisotopic (exact) mass is 346 g/mol. The Kier molecular flexibility index (Phi) is 4.29. The Morgan fingerprint density at radius 1 is 1.19 bits per heavy atom. The van der Waals surface area contributed by atoms with E-state index in [4.69, 9.17) is 10.6 Å². The number of aryl methyl sites for hydroxylation is 1. The van der Waals surface area contributed by atoms with E-state index in [1.807, 2.05) is 18.2 Å². The Bertz CT molecular complexity index is 623. The van der Waals surface area contributed by atoms with Crippen molar-refractivity contribution in [3.8, 4) is 5.75 Å². The highest BCUT2D eigenvalue weighted by Crippen LogP contribution is 2.30. The van der Waals surface area contributed by atoms with Crippen LogP contribution in [0.1, 0.15) is 35.6 Å². The summed E-state index contributed by atoms with van der Waals surface area (Å²) in [6.45, 7) is 2.09. The number of nitrogens with one attached hydrogen (secondary N) is 1. The molecule has 3 rings (SSSR count). The second-order valence-corrected chi connectivity index (χ2v) is 6.40. The molecule has 1 fully saturated rings. The third kappa shape index (κ3) is 3.46. The molecule has 1 saturated carbocycles. The second-order valence-electron chi connectivity index (χ2n) is 5.49. The lowest BCUT2D eigenvalue weighted by molar-refractivity contribution is 0.303. The molecule has 1 unspecified atom stereocenters. The standard InChI is InChI=1S/C17H19BrN2O/c1-11-10-13(18)4-9-16(11)17(20-19)12-2-5-14(6-3-12)21-15-7-8-15/h2-6,9-10,15,17,20H,7-8,19H2,1H3. The van der Waals surface area contributed by atoms with Crippen molar-refractivity contribution in [1.29, 1.82) is 0 Å². The van der Waals surface area contributed by atoms with Gasteiger partial charge in [0.1, 0.15) is 5.75 Å². The molecule has 110 valence electrons. The molecule has 0 aliphatic heterocycles. The van der Waals surface area contributed by atoms with Gasteiger partial charge in [0.15, 0.2) is 0 Å². The molecule has 2 aromatic carbocycles. The minimum atomic E-state index is -0.0203. The number of benzene rings is 2. The van der Waals surface area contributed by atoms with Crippen LogP contribution in [0.15, 0.2) is 46.9 Å². The van der Waals surface area contributed by atoms with Crippen LogP contribution in [0.4, 0.5) is 0 Å². The van der Waals surface area contributed by atoms with Gasteiger partial charge in [-0.25, -0.2) is 5.43 Å². The fourth-order valence-electron chi connectivity index (χ4n) is 2.45. The summed E-state index contributed by atoms with van der Waals surface area (Å²) < 4.78 is 6.86. The van der Waals surface area contributed by atoms with E-state index in [9.17, 15) is 0 Å². The SMILES string of the molecule is Cc1cc(Br)ccc1C(NN)c1ccc(OC2CC2)cc1. The summed E-state index contributed by atoms with van der Waals surface area (Å²) in [5, 5.41) is 0. The molecule has 1 aliphatic carbocycles. The van der Waals surface area contributed by atoms with Crippen molar-refractivity contribution in [3.05, 3.63) is 63.6 Å². The molecule has 21 heavy (non-hydrogen) atoms. The summed E-state index contributed by atoms with van der Waals surface area (Å²) in [5.41, 5.74) is 6.42. The Hall–Kier alpha value is -1.36. The molecule has 4 heteroatoms. The first-order valence-corrected chi connectivity index (χ1v) is 7.95. The predicted octanol–water partition coefficient (Wildman–Crippen LogP) is 3.85. The summed E-state index contributed by atoms with van der Waals surface area (Å²) in [7, 11) is 0. The van der Waals surface area contributed by atoms with Gasteiger partial charge in [-0.15, -0.1) is 0 Å². The minimum Gasteiger partial charge on any atom is -0.490 e. The van der Waals surface area contributed by atoms with Crippen LogP contribution in [0, 0.1) is 6.92 Å². The van der Waals surface area contributed by atoms with Gasteiger partial charge in [-0.1, -0.05) is 34.1 Å². The van der Waals surface area contributed by atoms with E-state index in [1.54, 1.807) is 0 Å². The van der Waals surface area contributed by atoms with Crippen LogP contribution in [0.2, 0.25) is 0 Å². The number of halogens is 1. The molecule has 0 radical (unpaired) electrons. The highest BCUT2D eigenvalue weighted by Gasteiger charge is 2.23. The van der Waals surface area contributed by atoms with Crippen LogP contribution in [0.5, 0.6) is 5.75 Å². The van der Waals surface area contributed by atoms with Gasteiger partial charge in [-0.05, 0) is 60.7 Å². The van der Waals surface area contributed by atoms with Crippen molar-refractivity contribution < 1.29 is 4.74 Å². The van der Waals surface area contributed by atoms with E-state index in [1.165, 1.54) is 24.0 Å². The molecule has 1 atom stereocenters. The van der Waals surface area contributed by atoms with Crippen molar-refractivity contribution in [2.24, 2.45) is 5.84 Å². The van der Waals surface area contributed by atoms with E-state index in [-0.39, 0.29) is 6.04 Å². The lowest BCUT2D eigenvalue weighted by Crippen LogP contribution is -2.29. The van der Waals surface area contributed by atoms with Crippen LogP contribution < -0.4 is 16.0 Å². The topological polar surface area (TPSA) is 47.3 Å². The Morgan fingerprint density at radius 2 is 1.90 bits per heavy atom. The molecule has 0 aromatic heterocycles. The first kappa shape index (κ1) is 14.6. The number of hydrogen-bond donors (Lipinski definition) is 2. The average molecular weight is 347 g/mol. The maximum atomic E-state index is 5.78. The Labute approximate surface area is 133 Å². The van der Waals surface area contributed by atoms with Crippen molar-refractivity contribution in [2.75, 3.05) is 0 Å². The summed E-state index contributed by atoms with van der Waals surface area (Å²) in [4.78, 5) is 0. The molecule has 2 aromatic rings. The number of hydrazine groups is 1. The fraction of sp³-hybridized carbons (Fsp3) is 0.294. The summed E-state index contributed by atoms with van der Waals surface area (Å²) in [6.07, 6.45) is 2.77. The van der Waals surface area contributed by atoms with Crippen molar-refractivity contribution >= 4 is 15.9 Å². The van der Waals surface area contributed by atoms with E-state index in [0.717, 1.165) is 15.8 Å². The molecule has 0 bridgehead atoms. The first-order valence-electron chi connectivity index (χ1n) is 7.16. The van der Waals surface area contributed by atoms with Crippen molar-refractivity contribution in [1.82, 2.24) is 5.43 Å². The minimum absolute atomic E-state index is 0.0203. The fourth-order valence-corrected chi connectivity index (χ4v) is 2.92. The number of rotatable bonds is 5. The first-order chi connectivity index (χ1) is 10.2. The van der Waals surface area contributed by atoms with E-state index >= 15 is 0 Å².